The zero-order valence-electron chi connectivity index (χ0n) is 18.3. The Hall–Kier alpha value is -2.99. The van der Waals surface area contributed by atoms with Gasteiger partial charge in [0.15, 0.2) is 0 Å². The Bertz CT molecular complexity index is 1360. The molecule has 0 radical (unpaired) electrons. The van der Waals surface area contributed by atoms with E-state index in [4.69, 9.17) is 23.2 Å². The number of fused-ring (bicyclic) bond motifs is 1. The van der Waals surface area contributed by atoms with Gasteiger partial charge in [-0.3, -0.25) is 9.59 Å². The maximum Gasteiger partial charge on any atom is 0.255 e. The minimum absolute atomic E-state index is 0.151. The topological polar surface area (TPSA) is 58.2 Å². The molecule has 4 aromatic carbocycles. The zero-order chi connectivity index (χ0) is 24.1. The highest BCUT2D eigenvalue weighted by atomic mass is 35.5. The minimum Gasteiger partial charge on any atom is -0.324 e. The molecule has 0 spiro atoms. The van der Waals surface area contributed by atoms with E-state index < -0.39 is 0 Å². The largest absolute Gasteiger partial charge is 0.324 e. The van der Waals surface area contributed by atoms with Gasteiger partial charge in [0.05, 0.1) is 16.0 Å². The standard InChI is InChI=1S/C27H22Cl2N2O2S/c1-2-25(27(33)31-24-13-12-20(28)15-23(24)29)34-22-9-5-8-21(16-22)30-26(32)19-11-10-17-6-3-4-7-18(17)14-19/h3-16,25H,2H2,1H3,(H,30,32)(H,31,33). The van der Waals surface area contributed by atoms with Crippen molar-refractivity contribution in [2.24, 2.45) is 0 Å². The Morgan fingerprint density at radius 2 is 1.65 bits per heavy atom. The molecule has 1 atom stereocenters. The number of nitrogens with one attached hydrogen (secondary N) is 2. The highest BCUT2D eigenvalue weighted by Gasteiger charge is 2.19. The molecule has 4 aromatic rings. The van der Waals surface area contributed by atoms with Crippen molar-refractivity contribution in [3.05, 3.63) is 101 Å². The number of carbonyl (C=O) groups excluding carboxylic acids is 2. The first kappa shape index (κ1) is 24.1. The lowest BCUT2D eigenvalue weighted by Crippen LogP contribution is -2.24. The van der Waals surface area contributed by atoms with Crippen molar-refractivity contribution in [2.45, 2.75) is 23.5 Å². The minimum atomic E-state index is -0.335. The van der Waals surface area contributed by atoms with Crippen molar-refractivity contribution in [3.8, 4) is 0 Å². The molecule has 0 saturated heterocycles. The maximum absolute atomic E-state index is 12.8. The first-order chi connectivity index (χ1) is 16.4. The summed E-state index contributed by atoms with van der Waals surface area (Å²) in [6.45, 7) is 1.95. The van der Waals surface area contributed by atoms with E-state index in [1.54, 1.807) is 18.2 Å². The van der Waals surface area contributed by atoms with E-state index in [0.29, 0.717) is 33.4 Å². The molecule has 0 bridgehead atoms. The van der Waals surface area contributed by atoms with Crippen molar-refractivity contribution >= 4 is 68.9 Å². The molecule has 4 rings (SSSR count). The van der Waals surface area contributed by atoms with Crippen molar-refractivity contribution in [2.75, 3.05) is 10.6 Å². The first-order valence-corrected chi connectivity index (χ1v) is 12.4. The van der Waals surface area contributed by atoms with Gasteiger partial charge in [0.25, 0.3) is 5.91 Å². The molecule has 0 aliphatic heterocycles. The van der Waals surface area contributed by atoms with E-state index in [1.165, 1.54) is 11.8 Å². The molecule has 34 heavy (non-hydrogen) atoms. The number of anilines is 2. The van der Waals surface area contributed by atoms with Crippen LogP contribution >= 0.6 is 35.0 Å². The predicted octanol–water partition coefficient (Wildman–Crippen LogP) is 7.91. The SMILES string of the molecule is CCC(Sc1cccc(NC(=O)c2ccc3ccccc3c2)c1)C(=O)Nc1ccc(Cl)cc1Cl. The highest BCUT2D eigenvalue weighted by molar-refractivity contribution is 8.00. The smallest absolute Gasteiger partial charge is 0.255 e. The van der Waals surface area contributed by atoms with Crippen molar-refractivity contribution in [1.82, 2.24) is 0 Å². The average molecular weight is 509 g/mol. The Morgan fingerprint density at radius 3 is 2.41 bits per heavy atom. The van der Waals surface area contributed by atoms with Crippen LogP contribution in [0.5, 0.6) is 0 Å². The van der Waals surface area contributed by atoms with Crippen molar-refractivity contribution in [3.63, 3.8) is 0 Å². The van der Waals surface area contributed by atoms with Gasteiger partial charge < -0.3 is 10.6 Å². The second kappa shape index (κ2) is 11.0. The summed E-state index contributed by atoms with van der Waals surface area (Å²) in [5, 5.41) is 8.48. The summed E-state index contributed by atoms with van der Waals surface area (Å²) in [5.74, 6) is -0.336. The van der Waals surface area contributed by atoms with Gasteiger partial charge in [-0.05, 0) is 65.7 Å². The molecule has 0 aliphatic rings. The van der Waals surface area contributed by atoms with Gasteiger partial charge in [-0.1, -0.05) is 66.5 Å². The molecule has 7 heteroatoms. The molecule has 4 nitrogen and oxygen atoms in total. The fourth-order valence-electron chi connectivity index (χ4n) is 3.47. The van der Waals surface area contributed by atoms with Crippen LogP contribution in [0.3, 0.4) is 0 Å². The summed E-state index contributed by atoms with van der Waals surface area (Å²) in [6, 6.07) is 26.0. The van der Waals surface area contributed by atoms with Gasteiger partial charge in [-0.25, -0.2) is 0 Å². The van der Waals surface area contributed by atoms with Gasteiger partial charge in [-0.2, -0.15) is 0 Å². The van der Waals surface area contributed by atoms with Crippen LogP contribution in [0.1, 0.15) is 23.7 Å². The number of amides is 2. The summed E-state index contributed by atoms with van der Waals surface area (Å²) in [7, 11) is 0. The van der Waals surface area contributed by atoms with Crippen molar-refractivity contribution < 1.29 is 9.59 Å². The molecule has 0 saturated carbocycles. The fraction of sp³-hybridized carbons (Fsp3) is 0.111. The number of hydrogen-bond acceptors (Lipinski definition) is 3. The van der Waals surface area contributed by atoms with Crippen LogP contribution in [0.25, 0.3) is 10.8 Å². The fourth-order valence-corrected chi connectivity index (χ4v) is 4.94. The molecule has 1 unspecified atom stereocenters. The highest BCUT2D eigenvalue weighted by Crippen LogP contribution is 2.31. The van der Waals surface area contributed by atoms with E-state index in [1.807, 2.05) is 73.7 Å². The molecule has 0 fully saturated rings. The van der Waals surface area contributed by atoms with Crippen LogP contribution in [0.2, 0.25) is 10.0 Å². The van der Waals surface area contributed by atoms with Crippen LogP contribution in [0, 0.1) is 0 Å². The van der Waals surface area contributed by atoms with Gasteiger partial charge in [0.2, 0.25) is 5.91 Å². The lowest BCUT2D eigenvalue weighted by atomic mass is 10.1. The molecular weight excluding hydrogens is 487 g/mol. The number of carbonyl (C=O) groups is 2. The lowest BCUT2D eigenvalue weighted by molar-refractivity contribution is -0.115. The van der Waals surface area contributed by atoms with E-state index in [2.05, 4.69) is 10.6 Å². The number of hydrogen-bond donors (Lipinski definition) is 2. The number of rotatable bonds is 7. The van der Waals surface area contributed by atoms with Crippen LogP contribution in [-0.4, -0.2) is 17.1 Å². The third kappa shape index (κ3) is 5.92. The second-order valence-corrected chi connectivity index (χ2v) is 9.79. The van der Waals surface area contributed by atoms with Crippen LogP contribution in [0.4, 0.5) is 11.4 Å². The second-order valence-electron chi connectivity index (χ2n) is 7.67. The first-order valence-electron chi connectivity index (χ1n) is 10.8. The van der Waals surface area contributed by atoms with E-state index >= 15 is 0 Å². The molecule has 0 aromatic heterocycles. The summed E-state index contributed by atoms with van der Waals surface area (Å²) >= 11 is 13.6. The maximum atomic E-state index is 12.8. The van der Waals surface area contributed by atoms with E-state index in [9.17, 15) is 9.59 Å². The van der Waals surface area contributed by atoms with Crippen molar-refractivity contribution in [1.29, 1.82) is 0 Å². The third-order valence-corrected chi connectivity index (χ3v) is 7.14. The number of thioether (sulfide) groups is 1. The quantitative estimate of drug-likeness (QED) is 0.249. The molecule has 2 N–H and O–H groups in total. The molecule has 2 amide bonds. The van der Waals surface area contributed by atoms with Crippen LogP contribution in [0.15, 0.2) is 89.8 Å². The molecule has 172 valence electrons. The van der Waals surface area contributed by atoms with Gasteiger partial charge in [0.1, 0.15) is 0 Å². The van der Waals surface area contributed by atoms with Gasteiger partial charge in [0, 0.05) is 21.2 Å². The summed E-state index contributed by atoms with van der Waals surface area (Å²) in [6.07, 6.45) is 0.620. The summed E-state index contributed by atoms with van der Waals surface area (Å²) in [4.78, 5) is 26.5. The van der Waals surface area contributed by atoms with Crippen LogP contribution in [-0.2, 0) is 4.79 Å². The Balaban J connectivity index is 1.44. The summed E-state index contributed by atoms with van der Waals surface area (Å²) in [5.41, 5.74) is 1.77. The number of halogens is 2. The van der Waals surface area contributed by atoms with Crippen LogP contribution < -0.4 is 10.6 Å². The average Bonchev–Trinajstić information content (AvgIpc) is 2.84. The Kier molecular flexibility index (Phi) is 7.78. The predicted molar refractivity (Wildman–Crippen MR) is 143 cm³/mol. The van der Waals surface area contributed by atoms with Gasteiger partial charge in [-0.15, -0.1) is 11.8 Å². The third-order valence-electron chi connectivity index (χ3n) is 5.23. The van der Waals surface area contributed by atoms with E-state index in [-0.39, 0.29) is 17.1 Å². The monoisotopic (exact) mass is 508 g/mol. The molecule has 0 aliphatic carbocycles. The van der Waals surface area contributed by atoms with E-state index in [0.717, 1.165) is 15.7 Å². The zero-order valence-corrected chi connectivity index (χ0v) is 20.7. The Morgan fingerprint density at radius 1 is 0.853 bits per heavy atom. The van der Waals surface area contributed by atoms with Gasteiger partial charge >= 0.3 is 0 Å². The summed E-state index contributed by atoms with van der Waals surface area (Å²) < 4.78 is 0. The lowest BCUT2D eigenvalue weighted by Gasteiger charge is -2.16. The molecular formula is C27H22Cl2N2O2S. The normalized spacial score (nSPS) is 11.7. The number of benzene rings is 4. The Labute approximate surface area is 212 Å². The molecule has 0 heterocycles.